The highest BCUT2D eigenvalue weighted by atomic mass is 16.7. The summed E-state index contributed by atoms with van der Waals surface area (Å²) in [7, 11) is 0. The van der Waals surface area contributed by atoms with Crippen molar-refractivity contribution in [3.05, 3.63) is 109 Å². The molecule has 0 aromatic carbocycles. The minimum absolute atomic E-state index is 0.103. The van der Waals surface area contributed by atoms with Crippen LogP contribution in [0.4, 0.5) is 0 Å². The second-order valence-electron chi connectivity index (χ2n) is 21.1. The zero-order valence-corrected chi connectivity index (χ0v) is 49.2. The second-order valence-corrected chi connectivity index (χ2v) is 21.1. The van der Waals surface area contributed by atoms with E-state index in [2.05, 4.69) is 111 Å². The van der Waals surface area contributed by atoms with Gasteiger partial charge in [0.25, 0.3) is 0 Å². The Morgan fingerprint density at radius 2 is 0.987 bits per heavy atom. The maximum atomic E-state index is 13.4. The predicted octanol–water partition coefficient (Wildman–Crippen LogP) is 14.9. The molecule has 8 unspecified atom stereocenters. The molecule has 1 fully saturated rings. The average Bonchev–Trinajstić information content (AvgIpc) is 3.45. The fourth-order valence-electron chi connectivity index (χ4n) is 9.09. The van der Waals surface area contributed by atoms with Crippen LogP contribution in [0.3, 0.4) is 0 Å². The Morgan fingerprint density at radius 1 is 0.526 bits per heavy atom. The van der Waals surface area contributed by atoms with Crippen molar-refractivity contribution in [2.75, 3.05) is 13.2 Å². The number of aliphatic hydroxyl groups excluding tert-OH is 5. The number of hydrogen-bond acceptors (Lipinski definition) is 10. The standard InChI is InChI=1S/C67H113NO10/c1-4-7-10-13-16-19-22-25-27-28-29-30-31-32-33-34-35-37-40-43-46-49-52-55-62(72)78-65-64(74)63(73)61(56-69)77-67(65)76-57-58(59(70)53-50-47-44-41-38-24-21-18-15-12-9-6-3)68-66(75)60(71)54-51-48-45-42-39-36-26-23-20-17-14-11-8-5-2/h7-8,10-11,14,16-17,19-20,23,25,27,29-30,32-33,50,53,58-61,63-65,67,69-71,73-74H,4-6,9,12-13,15,18,21-22,24,26,28,31,34-49,51-52,54-57H2,1-3H3,(H,68,75)/b10-7-,11-8+,17-14+,19-16-,23-20+,27-25-,30-29-,33-32-,53-50+. The Labute approximate surface area is 475 Å². The minimum atomic E-state index is -1.63. The van der Waals surface area contributed by atoms with Crippen LogP contribution >= 0.6 is 0 Å². The molecule has 0 aromatic rings. The van der Waals surface area contributed by atoms with Crippen molar-refractivity contribution in [3.8, 4) is 0 Å². The van der Waals surface area contributed by atoms with E-state index in [4.69, 9.17) is 14.2 Å². The lowest BCUT2D eigenvalue weighted by atomic mass is 9.99. The van der Waals surface area contributed by atoms with Crippen molar-refractivity contribution in [2.45, 2.75) is 288 Å². The molecule has 0 aliphatic carbocycles. The van der Waals surface area contributed by atoms with Crippen LogP contribution in [0.2, 0.25) is 0 Å². The van der Waals surface area contributed by atoms with Crippen molar-refractivity contribution < 1.29 is 49.3 Å². The molecule has 0 radical (unpaired) electrons. The van der Waals surface area contributed by atoms with E-state index in [1.807, 2.05) is 18.2 Å². The van der Waals surface area contributed by atoms with E-state index in [-0.39, 0.29) is 19.4 Å². The van der Waals surface area contributed by atoms with Gasteiger partial charge in [-0.2, -0.15) is 0 Å². The first-order valence-corrected chi connectivity index (χ1v) is 31.2. The van der Waals surface area contributed by atoms with Gasteiger partial charge in [0, 0.05) is 6.42 Å². The average molecular weight is 1090 g/mol. The second kappa shape index (κ2) is 53.9. The van der Waals surface area contributed by atoms with E-state index in [0.717, 1.165) is 148 Å². The van der Waals surface area contributed by atoms with Gasteiger partial charge in [-0.25, -0.2) is 0 Å². The lowest BCUT2D eigenvalue weighted by molar-refractivity contribution is -0.305. The molecule has 1 heterocycles. The highest BCUT2D eigenvalue weighted by molar-refractivity contribution is 5.80. The Hall–Kier alpha value is -3.68. The quantitative estimate of drug-likeness (QED) is 0.0149. The molecule has 0 aromatic heterocycles. The predicted molar refractivity (Wildman–Crippen MR) is 324 cm³/mol. The van der Waals surface area contributed by atoms with E-state index in [0.29, 0.717) is 12.8 Å². The van der Waals surface area contributed by atoms with Crippen molar-refractivity contribution in [1.29, 1.82) is 0 Å². The summed E-state index contributed by atoms with van der Waals surface area (Å²) in [6, 6.07) is -1.04. The SMILES string of the molecule is CC/C=C\C/C=C\C/C=C\C/C=C\C/C=C\CCCCCCCCCC(=O)OC1C(OCC(NC(=O)C(O)CCCCCCCC/C=C/C=C/C=C/CC)C(O)/C=C/CCCCCCCCCCCC)OC(CO)C(O)C1O. The first-order valence-electron chi connectivity index (χ1n) is 31.2. The first kappa shape index (κ1) is 72.3. The third-order valence-corrected chi connectivity index (χ3v) is 14.0. The summed E-state index contributed by atoms with van der Waals surface area (Å²) < 4.78 is 17.6. The number of carbonyl (C=O) groups is 2. The molecule has 1 rings (SSSR count). The van der Waals surface area contributed by atoms with Gasteiger partial charge in [-0.3, -0.25) is 9.59 Å². The highest BCUT2D eigenvalue weighted by Gasteiger charge is 2.47. The van der Waals surface area contributed by atoms with E-state index in [9.17, 15) is 35.1 Å². The van der Waals surface area contributed by atoms with Crippen LogP contribution in [0, 0.1) is 0 Å². The molecule has 1 amide bonds. The van der Waals surface area contributed by atoms with Gasteiger partial charge in [0.2, 0.25) is 5.91 Å². The molecular formula is C67H113NO10. The van der Waals surface area contributed by atoms with Crippen molar-refractivity contribution in [2.24, 2.45) is 0 Å². The largest absolute Gasteiger partial charge is 0.454 e. The Kier molecular flexibility index (Phi) is 50.0. The summed E-state index contributed by atoms with van der Waals surface area (Å²) in [5.74, 6) is -1.23. The highest BCUT2D eigenvalue weighted by Crippen LogP contribution is 2.26. The lowest BCUT2D eigenvalue weighted by Crippen LogP contribution is -2.61. The van der Waals surface area contributed by atoms with Gasteiger partial charge in [-0.15, -0.1) is 0 Å². The van der Waals surface area contributed by atoms with Crippen LogP contribution in [0.1, 0.15) is 239 Å². The number of amides is 1. The molecule has 1 saturated heterocycles. The molecule has 446 valence electrons. The number of nitrogens with one attached hydrogen (secondary N) is 1. The summed E-state index contributed by atoms with van der Waals surface area (Å²) in [5.41, 5.74) is 0. The van der Waals surface area contributed by atoms with Crippen LogP contribution in [0.5, 0.6) is 0 Å². The van der Waals surface area contributed by atoms with Crippen LogP contribution in [-0.4, -0.2) is 99.6 Å². The van der Waals surface area contributed by atoms with Gasteiger partial charge >= 0.3 is 5.97 Å². The number of allylic oxidation sites excluding steroid dienone is 17. The minimum Gasteiger partial charge on any atom is -0.454 e. The number of ether oxygens (including phenoxy) is 3. The third-order valence-electron chi connectivity index (χ3n) is 14.0. The lowest BCUT2D eigenvalue weighted by Gasteiger charge is -2.41. The van der Waals surface area contributed by atoms with Crippen LogP contribution in [0.15, 0.2) is 109 Å². The van der Waals surface area contributed by atoms with Gasteiger partial charge in [-0.1, -0.05) is 252 Å². The number of esters is 1. The molecular weight excluding hydrogens is 979 g/mol. The number of rotatable bonds is 51. The summed E-state index contributed by atoms with van der Waals surface area (Å²) in [6.45, 7) is 5.52. The van der Waals surface area contributed by atoms with E-state index >= 15 is 0 Å². The van der Waals surface area contributed by atoms with Crippen LogP contribution in [-0.2, 0) is 23.8 Å². The summed E-state index contributed by atoms with van der Waals surface area (Å²) >= 11 is 0. The smallest absolute Gasteiger partial charge is 0.306 e. The Balaban J connectivity index is 2.66. The normalized spacial score (nSPS) is 19.7. The maximum absolute atomic E-state index is 13.4. The molecule has 6 N–H and O–H groups in total. The molecule has 8 atom stereocenters. The molecule has 11 nitrogen and oxygen atoms in total. The number of hydrogen-bond donors (Lipinski definition) is 6. The molecule has 1 aliphatic heterocycles. The molecule has 78 heavy (non-hydrogen) atoms. The number of carbonyl (C=O) groups excluding carboxylic acids is 2. The zero-order valence-electron chi connectivity index (χ0n) is 49.2. The first-order chi connectivity index (χ1) is 38.2. The van der Waals surface area contributed by atoms with Gasteiger partial charge in [0.15, 0.2) is 12.4 Å². The van der Waals surface area contributed by atoms with Crippen LogP contribution < -0.4 is 5.32 Å². The van der Waals surface area contributed by atoms with Crippen LogP contribution in [0.25, 0.3) is 0 Å². The van der Waals surface area contributed by atoms with Gasteiger partial charge < -0.3 is 45.1 Å². The third kappa shape index (κ3) is 41.3. The summed E-state index contributed by atoms with van der Waals surface area (Å²) in [5, 5.41) is 57.0. The van der Waals surface area contributed by atoms with Gasteiger partial charge in [-0.05, 0) is 89.9 Å². The van der Waals surface area contributed by atoms with Gasteiger partial charge in [0.05, 0.1) is 25.4 Å². The van der Waals surface area contributed by atoms with Crippen molar-refractivity contribution in [1.82, 2.24) is 5.32 Å². The fraction of sp³-hybridized carbons (Fsp3) is 0.701. The number of unbranched alkanes of at least 4 members (excludes halogenated alkanes) is 23. The molecule has 0 spiro atoms. The van der Waals surface area contributed by atoms with Crippen molar-refractivity contribution in [3.63, 3.8) is 0 Å². The monoisotopic (exact) mass is 1090 g/mol. The number of aliphatic hydroxyl groups is 5. The Bertz CT molecular complexity index is 1680. The summed E-state index contributed by atoms with van der Waals surface area (Å²) in [6.07, 6.45) is 62.6. The zero-order chi connectivity index (χ0) is 56.8. The molecule has 11 heteroatoms. The topological polar surface area (TPSA) is 175 Å². The van der Waals surface area contributed by atoms with E-state index in [1.165, 1.54) is 44.9 Å². The summed E-state index contributed by atoms with van der Waals surface area (Å²) in [4.78, 5) is 26.5. The van der Waals surface area contributed by atoms with E-state index in [1.54, 1.807) is 6.08 Å². The molecule has 1 aliphatic rings. The molecule has 0 bridgehead atoms. The fourth-order valence-corrected chi connectivity index (χ4v) is 9.09. The Morgan fingerprint density at radius 3 is 1.53 bits per heavy atom. The van der Waals surface area contributed by atoms with E-state index < -0.39 is 67.4 Å². The maximum Gasteiger partial charge on any atom is 0.306 e. The molecule has 0 saturated carbocycles. The van der Waals surface area contributed by atoms with Crippen molar-refractivity contribution >= 4 is 11.9 Å². The van der Waals surface area contributed by atoms with Gasteiger partial charge in [0.1, 0.15) is 24.4 Å².